The molecule has 1 unspecified atom stereocenters. The smallest absolute Gasteiger partial charge is 0.253 e. The first-order chi connectivity index (χ1) is 17.6. The predicted molar refractivity (Wildman–Crippen MR) is 140 cm³/mol. The number of aliphatic hydroxyl groups excluding tert-OH is 1. The number of carbonyl (C=O) groups excluding carboxylic acids is 3. The number of hydrogen-bond acceptors (Lipinski definition) is 5. The van der Waals surface area contributed by atoms with Crippen molar-refractivity contribution in [3.05, 3.63) is 53.6 Å². The van der Waals surface area contributed by atoms with E-state index >= 15 is 0 Å². The van der Waals surface area contributed by atoms with Gasteiger partial charge in [-0.05, 0) is 51.3 Å². The summed E-state index contributed by atoms with van der Waals surface area (Å²) in [5.41, 5.74) is 0.396. The minimum absolute atomic E-state index is 0.127. The van der Waals surface area contributed by atoms with E-state index in [0.29, 0.717) is 19.6 Å². The molecule has 37 heavy (non-hydrogen) atoms. The summed E-state index contributed by atoms with van der Waals surface area (Å²) in [4.78, 5) is 47.6. The number of aliphatic hydroxyl groups is 1. The van der Waals surface area contributed by atoms with Crippen LogP contribution in [0.25, 0.3) is 0 Å². The second-order valence-corrected chi connectivity index (χ2v) is 11.1. The first-order valence-corrected chi connectivity index (χ1v) is 13.3. The molecule has 0 aliphatic carbocycles. The van der Waals surface area contributed by atoms with E-state index < -0.39 is 35.1 Å². The summed E-state index contributed by atoms with van der Waals surface area (Å²) in [5.74, 6) is -2.35. The van der Waals surface area contributed by atoms with Crippen LogP contribution in [0.5, 0.6) is 0 Å². The predicted octanol–water partition coefficient (Wildman–Crippen LogP) is 2.37. The maximum atomic E-state index is 14.4. The van der Waals surface area contributed by atoms with E-state index in [-0.39, 0.29) is 24.3 Å². The molecule has 4 aliphatic heterocycles. The fraction of sp³-hybridized carbons (Fsp3) is 0.552. The largest absolute Gasteiger partial charge is 0.394 e. The van der Waals surface area contributed by atoms with Crippen LogP contribution in [-0.4, -0.2) is 82.2 Å². The number of fused-ring (bicyclic) bond motifs is 2. The van der Waals surface area contributed by atoms with Gasteiger partial charge < -0.3 is 24.5 Å². The highest BCUT2D eigenvalue weighted by molar-refractivity contribution is 6.06. The number of ether oxygens (including phenoxy) is 1. The van der Waals surface area contributed by atoms with Gasteiger partial charge in [0.2, 0.25) is 11.8 Å². The lowest BCUT2D eigenvalue weighted by molar-refractivity contribution is -0.150. The molecule has 0 saturated carbocycles. The van der Waals surface area contributed by atoms with E-state index in [4.69, 9.17) is 4.74 Å². The Hall–Kier alpha value is -2.97. The number of anilines is 1. The maximum Gasteiger partial charge on any atom is 0.253 e. The average Bonchev–Trinajstić information content (AvgIpc) is 3.14. The van der Waals surface area contributed by atoms with E-state index in [1.54, 1.807) is 16.7 Å². The minimum Gasteiger partial charge on any atom is -0.394 e. The fourth-order valence-corrected chi connectivity index (χ4v) is 6.77. The highest BCUT2D eigenvalue weighted by Gasteiger charge is 2.75. The van der Waals surface area contributed by atoms with Crippen LogP contribution in [-0.2, 0) is 19.1 Å². The number of rotatable bonds is 5. The van der Waals surface area contributed by atoms with Crippen molar-refractivity contribution in [3.63, 3.8) is 0 Å². The lowest BCUT2D eigenvalue weighted by atomic mass is 9.74. The van der Waals surface area contributed by atoms with Crippen LogP contribution >= 0.6 is 0 Å². The third kappa shape index (κ3) is 3.67. The van der Waals surface area contributed by atoms with Crippen molar-refractivity contribution >= 4 is 23.4 Å². The Morgan fingerprint density at radius 1 is 1.05 bits per heavy atom. The van der Waals surface area contributed by atoms with Gasteiger partial charge in [0.15, 0.2) is 0 Å². The maximum absolute atomic E-state index is 14.4. The summed E-state index contributed by atoms with van der Waals surface area (Å²) in [6.45, 7) is 10.6. The number of likely N-dealkylation sites (tertiary alicyclic amines) is 1. The van der Waals surface area contributed by atoms with Gasteiger partial charge in [0.05, 0.1) is 30.1 Å². The number of nitrogens with zero attached hydrogens (tertiary/aromatic N) is 3. The van der Waals surface area contributed by atoms with Crippen molar-refractivity contribution < 1.29 is 24.2 Å². The van der Waals surface area contributed by atoms with Gasteiger partial charge in [-0.1, -0.05) is 43.4 Å². The van der Waals surface area contributed by atoms with Crippen molar-refractivity contribution in [3.8, 4) is 0 Å². The monoisotopic (exact) mass is 507 g/mol. The van der Waals surface area contributed by atoms with Crippen LogP contribution < -0.4 is 4.90 Å². The van der Waals surface area contributed by atoms with E-state index in [1.165, 1.54) is 4.90 Å². The van der Waals surface area contributed by atoms with E-state index in [0.717, 1.165) is 23.2 Å². The molecule has 0 radical (unpaired) electrons. The van der Waals surface area contributed by atoms with Gasteiger partial charge in [0.25, 0.3) is 5.91 Å². The van der Waals surface area contributed by atoms with Crippen molar-refractivity contribution in [2.45, 2.75) is 64.3 Å². The normalized spacial score (nSPS) is 33.8. The zero-order valence-corrected chi connectivity index (χ0v) is 22.3. The van der Waals surface area contributed by atoms with E-state index in [2.05, 4.69) is 0 Å². The zero-order chi connectivity index (χ0) is 26.7. The molecule has 2 saturated heterocycles. The number of amides is 3. The Bertz CT molecular complexity index is 1190. The molecule has 1 aromatic rings. The van der Waals surface area contributed by atoms with Crippen molar-refractivity contribution in [1.82, 2.24) is 9.80 Å². The highest BCUT2D eigenvalue weighted by atomic mass is 16.5. The summed E-state index contributed by atoms with van der Waals surface area (Å²) in [7, 11) is 0. The molecular weight excluding hydrogens is 470 g/mol. The summed E-state index contributed by atoms with van der Waals surface area (Å²) in [6.07, 6.45) is 8.36. The zero-order valence-electron chi connectivity index (χ0n) is 22.3. The summed E-state index contributed by atoms with van der Waals surface area (Å²) in [5, 5.41) is 10.1. The molecule has 8 nitrogen and oxygen atoms in total. The molecule has 2 fully saturated rings. The standard InChI is InChI=1S/C29H37N3O5/c1-6-13-30-14-7-11-28(5)22(25(30)34)23-26(35)32(20(4)17-33)24-27(36)31(15-8-12-29(23,24)37-28)21-16-18(2)9-10-19(21)3/h7-12,16,20,22-24,33H,6,13-15,17H2,1-5H3/t20-,22+,23+,24?,28-,29+/m1/s1. The first-order valence-electron chi connectivity index (χ1n) is 13.3. The van der Waals surface area contributed by atoms with Crippen LogP contribution in [0.3, 0.4) is 0 Å². The quantitative estimate of drug-likeness (QED) is 0.618. The number of carbonyl (C=O) groups is 3. The van der Waals surface area contributed by atoms with Gasteiger partial charge in [-0.15, -0.1) is 0 Å². The fourth-order valence-electron chi connectivity index (χ4n) is 6.77. The molecule has 8 heteroatoms. The van der Waals surface area contributed by atoms with Crippen LogP contribution in [0.1, 0.15) is 38.3 Å². The molecule has 4 aliphatic rings. The number of aryl methyl sites for hydroxylation is 2. The van der Waals surface area contributed by atoms with E-state index in [9.17, 15) is 19.5 Å². The lowest BCUT2D eigenvalue weighted by Crippen LogP contribution is -2.58. The Morgan fingerprint density at radius 2 is 1.78 bits per heavy atom. The second kappa shape index (κ2) is 9.10. The molecule has 6 atom stereocenters. The van der Waals surface area contributed by atoms with Crippen molar-refractivity contribution in [2.75, 3.05) is 31.1 Å². The third-order valence-corrected chi connectivity index (χ3v) is 8.47. The summed E-state index contributed by atoms with van der Waals surface area (Å²) in [6, 6.07) is 4.34. The number of hydrogen-bond donors (Lipinski definition) is 1. The van der Waals surface area contributed by atoms with Gasteiger partial charge in [-0.25, -0.2) is 0 Å². The topological polar surface area (TPSA) is 90.4 Å². The average molecular weight is 508 g/mol. The molecule has 1 aromatic carbocycles. The SMILES string of the molecule is CCCN1CC=C[C@@]2(C)O[C@]34C=CCN(c5cc(C)ccc5C)C(=O)C3N([C@H](C)CO)C(=O)[C@@H]4[C@H]2C1=O. The van der Waals surface area contributed by atoms with Crippen LogP contribution in [0, 0.1) is 25.7 Å². The Morgan fingerprint density at radius 3 is 2.49 bits per heavy atom. The molecular formula is C29H37N3O5. The minimum atomic E-state index is -1.32. The number of benzene rings is 1. The highest BCUT2D eigenvalue weighted by Crippen LogP contribution is 2.58. The van der Waals surface area contributed by atoms with Crippen LogP contribution in [0.2, 0.25) is 0 Å². The Kier molecular flexibility index (Phi) is 6.31. The molecule has 4 heterocycles. The molecule has 198 valence electrons. The van der Waals surface area contributed by atoms with E-state index in [1.807, 2.05) is 70.2 Å². The molecule has 3 amide bonds. The summed E-state index contributed by atoms with van der Waals surface area (Å²) >= 11 is 0. The Labute approximate surface area is 218 Å². The molecule has 5 rings (SSSR count). The second-order valence-electron chi connectivity index (χ2n) is 11.1. The molecule has 0 aromatic heterocycles. The molecule has 0 bridgehead atoms. The first kappa shape index (κ1) is 25.7. The van der Waals surface area contributed by atoms with Gasteiger partial charge in [-0.3, -0.25) is 14.4 Å². The van der Waals surface area contributed by atoms with Crippen molar-refractivity contribution in [1.29, 1.82) is 0 Å². The van der Waals surface area contributed by atoms with Crippen LogP contribution in [0.15, 0.2) is 42.5 Å². The molecule has 1 N–H and O–H groups in total. The van der Waals surface area contributed by atoms with Crippen molar-refractivity contribution in [2.24, 2.45) is 11.8 Å². The van der Waals surface area contributed by atoms with Gasteiger partial charge in [-0.2, -0.15) is 0 Å². The van der Waals surface area contributed by atoms with Gasteiger partial charge in [0.1, 0.15) is 11.6 Å². The molecule has 1 spiro atoms. The Balaban J connectivity index is 1.67. The third-order valence-electron chi connectivity index (χ3n) is 8.47. The summed E-state index contributed by atoms with van der Waals surface area (Å²) < 4.78 is 6.82. The van der Waals surface area contributed by atoms with Gasteiger partial charge >= 0.3 is 0 Å². The lowest BCUT2D eigenvalue weighted by Gasteiger charge is -2.39. The van der Waals surface area contributed by atoms with Crippen LogP contribution in [0.4, 0.5) is 5.69 Å². The van der Waals surface area contributed by atoms with Gasteiger partial charge in [0, 0.05) is 25.3 Å².